The van der Waals surface area contributed by atoms with Crippen LogP contribution in [-0.4, -0.2) is 11.6 Å². The molecule has 4 aliphatic rings. The maximum atomic E-state index is 13.2. The largest absolute Gasteiger partial charge is 0.458 e. The van der Waals surface area contributed by atoms with Crippen molar-refractivity contribution in [3.05, 3.63) is 47.0 Å². The molecule has 2 bridgehead atoms. The Kier molecular flexibility index (Phi) is 4.65. The van der Waals surface area contributed by atoms with Gasteiger partial charge in [-0.15, -0.1) is 6.58 Å². The molecule has 0 N–H and O–H groups in total. The van der Waals surface area contributed by atoms with Gasteiger partial charge in [-0.3, -0.25) is 4.79 Å². The number of hydrogen-bond acceptors (Lipinski definition) is 2. The SMILES string of the molecule is C=C[C@]1(C)CC[C@]2(C)[C@@H](C1)[C@@H](Cc1ccc(Br)cc1)C[C@H]1[C@]3(C)CCC[C@@]12OC3=O. The van der Waals surface area contributed by atoms with E-state index in [4.69, 9.17) is 4.74 Å². The maximum Gasteiger partial charge on any atom is 0.312 e. The molecule has 0 aromatic heterocycles. The molecule has 1 aromatic carbocycles. The lowest BCUT2D eigenvalue weighted by molar-refractivity contribution is -0.216. The van der Waals surface area contributed by atoms with Crippen molar-refractivity contribution in [2.45, 2.75) is 77.7 Å². The lowest BCUT2D eigenvalue weighted by atomic mass is 9.40. The molecule has 3 aliphatic carbocycles. The normalized spacial score (nSPS) is 47.2. The number of carbonyl (C=O) groups excluding carboxylic acids is 1. The van der Waals surface area contributed by atoms with Gasteiger partial charge in [0.2, 0.25) is 0 Å². The number of fused-ring (bicyclic) bond motifs is 1. The van der Waals surface area contributed by atoms with Gasteiger partial charge in [0, 0.05) is 15.8 Å². The molecular formula is C27H35BrO2. The van der Waals surface area contributed by atoms with Crippen LogP contribution in [0.3, 0.4) is 0 Å². The molecule has 0 unspecified atom stereocenters. The van der Waals surface area contributed by atoms with Crippen molar-refractivity contribution in [1.82, 2.24) is 0 Å². The number of esters is 1. The number of ether oxygens (including phenoxy) is 1. The second-order valence-corrected chi connectivity index (χ2v) is 12.4. The minimum Gasteiger partial charge on any atom is -0.458 e. The third-order valence-corrected chi connectivity index (χ3v) is 10.5. The summed E-state index contributed by atoms with van der Waals surface area (Å²) >= 11 is 3.58. The Balaban J connectivity index is 1.58. The molecule has 5 rings (SSSR count). The highest BCUT2D eigenvalue weighted by molar-refractivity contribution is 9.10. The Hall–Kier alpha value is -1.09. The molecule has 2 nitrogen and oxygen atoms in total. The Labute approximate surface area is 190 Å². The third kappa shape index (κ3) is 2.69. The van der Waals surface area contributed by atoms with Crippen molar-refractivity contribution >= 4 is 21.9 Å². The zero-order chi connectivity index (χ0) is 21.4. The fourth-order valence-electron chi connectivity index (χ4n) is 8.05. The Morgan fingerprint density at radius 3 is 2.57 bits per heavy atom. The quantitative estimate of drug-likeness (QED) is 0.347. The van der Waals surface area contributed by atoms with E-state index >= 15 is 0 Å². The maximum absolute atomic E-state index is 13.2. The second-order valence-electron chi connectivity index (χ2n) is 11.5. The standard InChI is InChI=1S/C27H35BrO2/c1-5-24(2)13-14-26(4)21(17-24)19(15-18-7-9-20(28)10-8-18)16-22-25(3)11-6-12-27(22,26)30-23(25)29/h5,7-10,19,21-22H,1,6,11-17H2,2-4H3/t19-,21-,22-,24+,25-,26+,27+/m0/s1. The first-order valence-electron chi connectivity index (χ1n) is 11.8. The Morgan fingerprint density at radius 1 is 1.13 bits per heavy atom. The van der Waals surface area contributed by atoms with Crippen LogP contribution in [0.2, 0.25) is 0 Å². The van der Waals surface area contributed by atoms with Crippen LogP contribution in [0.5, 0.6) is 0 Å². The van der Waals surface area contributed by atoms with E-state index in [2.05, 4.69) is 73.6 Å². The fourth-order valence-corrected chi connectivity index (χ4v) is 8.32. The highest BCUT2D eigenvalue weighted by Gasteiger charge is 2.74. The summed E-state index contributed by atoms with van der Waals surface area (Å²) in [7, 11) is 0. The minimum absolute atomic E-state index is 0.0618. The molecule has 1 heterocycles. The van der Waals surface area contributed by atoms with E-state index in [0.717, 1.165) is 55.8 Å². The molecule has 4 fully saturated rings. The number of benzene rings is 1. The van der Waals surface area contributed by atoms with Gasteiger partial charge in [0.25, 0.3) is 0 Å². The van der Waals surface area contributed by atoms with Crippen LogP contribution in [0.1, 0.15) is 71.3 Å². The molecule has 30 heavy (non-hydrogen) atoms. The summed E-state index contributed by atoms with van der Waals surface area (Å²) in [5.41, 5.74) is 1.12. The van der Waals surface area contributed by atoms with Crippen LogP contribution in [0.4, 0.5) is 0 Å². The Bertz CT molecular complexity index is 877. The number of hydrogen-bond donors (Lipinski definition) is 0. The molecule has 3 heteroatoms. The van der Waals surface area contributed by atoms with Crippen LogP contribution >= 0.6 is 15.9 Å². The highest BCUT2D eigenvalue weighted by Crippen LogP contribution is 2.72. The number of rotatable bonds is 3. The molecule has 162 valence electrons. The van der Waals surface area contributed by atoms with Crippen LogP contribution in [0.25, 0.3) is 0 Å². The molecule has 1 saturated heterocycles. The lowest BCUT2D eigenvalue weighted by Gasteiger charge is -2.64. The van der Waals surface area contributed by atoms with E-state index < -0.39 is 0 Å². The molecule has 0 amide bonds. The summed E-state index contributed by atoms with van der Waals surface area (Å²) in [6, 6.07) is 8.85. The summed E-state index contributed by atoms with van der Waals surface area (Å²) in [6.45, 7) is 11.3. The zero-order valence-electron chi connectivity index (χ0n) is 18.7. The van der Waals surface area contributed by atoms with E-state index in [-0.39, 0.29) is 27.8 Å². The molecule has 0 radical (unpaired) electrons. The van der Waals surface area contributed by atoms with Gasteiger partial charge in [-0.05, 0) is 93.2 Å². The van der Waals surface area contributed by atoms with Crippen LogP contribution in [0.15, 0.2) is 41.4 Å². The summed E-state index contributed by atoms with van der Waals surface area (Å²) in [6.07, 6.45) is 11.0. The average Bonchev–Trinajstić information content (AvgIpc) is 2.84. The molecule has 3 saturated carbocycles. The van der Waals surface area contributed by atoms with Gasteiger partial charge in [-0.1, -0.05) is 48.0 Å². The van der Waals surface area contributed by atoms with Crippen LogP contribution < -0.4 is 0 Å². The van der Waals surface area contributed by atoms with Crippen molar-refractivity contribution in [2.75, 3.05) is 0 Å². The van der Waals surface area contributed by atoms with Crippen molar-refractivity contribution in [2.24, 2.45) is 34.0 Å². The first kappa shape index (κ1) is 20.8. The summed E-state index contributed by atoms with van der Waals surface area (Å²) < 4.78 is 7.63. The van der Waals surface area contributed by atoms with Crippen molar-refractivity contribution in [1.29, 1.82) is 0 Å². The van der Waals surface area contributed by atoms with E-state index in [9.17, 15) is 4.79 Å². The Morgan fingerprint density at radius 2 is 1.87 bits per heavy atom. The van der Waals surface area contributed by atoms with E-state index in [1.165, 1.54) is 5.56 Å². The van der Waals surface area contributed by atoms with Gasteiger partial charge in [0.15, 0.2) is 0 Å². The zero-order valence-corrected chi connectivity index (χ0v) is 20.3. The van der Waals surface area contributed by atoms with E-state index in [1.807, 2.05) is 0 Å². The van der Waals surface area contributed by atoms with Crippen molar-refractivity contribution < 1.29 is 9.53 Å². The highest BCUT2D eigenvalue weighted by atomic mass is 79.9. The summed E-state index contributed by atoms with van der Waals surface area (Å²) in [4.78, 5) is 13.2. The molecule has 0 spiro atoms. The smallest absolute Gasteiger partial charge is 0.312 e. The topological polar surface area (TPSA) is 26.3 Å². The number of allylic oxidation sites excluding steroid dienone is 1. The van der Waals surface area contributed by atoms with Gasteiger partial charge >= 0.3 is 5.97 Å². The third-order valence-electron chi connectivity index (χ3n) is 10.0. The van der Waals surface area contributed by atoms with Crippen molar-refractivity contribution in [3.63, 3.8) is 0 Å². The van der Waals surface area contributed by atoms with E-state index in [0.29, 0.717) is 17.8 Å². The molecule has 1 aromatic rings. The number of halogens is 1. The van der Waals surface area contributed by atoms with E-state index in [1.54, 1.807) is 0 Å². The molecule has 1 aliphatic heterocycles. The van der Waals surface area contributed by atoms with Gasteiger partial charge in [-0.25, -0.2) is 0 Å². The molecule has 7 atom stereocenters. The number of carbonyl (C=O) groups is 1. The van der Waals surface area contributed by atoms with Gasteiger partial charge in [0.05, 0.1) is 5.41 Å². The fraction of sp³-hybridized carbons (Fsp3) is 0.667. The first-order chi connectivity index (χ1) is 14.2. The van der Waals surface area contributed by atoms with Crippen LogP contribution in [0, 0.1) is 34.0 Å². The summed E-state index contributed by atoms with van der Waals surface area (Å²) in [5, 5.41) is 0. The van der Waals surface area contributed by atoms with Crippen LogP contribution in [-0.2, 0) is 16.0 Å². The predicted octanol–water partition coefficient (Wildman–Crippen LogP) is 7.11. The predicted molar refractivity (Wildman–Crippen MR) is 124 cm³/mol. The molecular weight excluding hydrogens is 436 g/mol. The van der Waals surface area contributed by atoms with Gasteiger partial charge in [-0.2, -0.15) is 0 Å². The summed E-state index contributed by atoms with van der Waals surface area (Å²) in [5.74, 6) is 1.59. The van der Waals surface area contributed by atoms with Gasteiger partial charge < -0.3 is 4.74 Å². The minimum atomic E-state index is -0.288. The first-order valence-corrected chi connectivity index (χ1v) is 12.6. The average molecular weight is 471 g/mol. The monoisotopic (exact) mass is 470 g/mol. The second kappa shape index (κ2) is 6.70. The lowest BCUT2D eigenvalue weighted by Crippen LogP contribution is -2.65. The van der Waals surface area contributed by atoms with Crippen molar-refractivity contribution in [3.8, 4) is 0 Å². The van der Waals surface area contributed by atoms with Gasteiger partial charge in [0.1, 0.15) is 5.60 Å².